The first kappa shape index (κ1) is 11.3. The van der Waals surface area contributed by atoms with Crippen LogP contribution in [0.2, 0.25) is 0 Å². The van der Waals surface area contributed by atoms with Gasteiger partial charge >= 0.3 is 0 Å². The Bertz CT molecular complexity index is 349. The summed E-state index contributed by atoms with van der Waals surface area (Å²) in [4.78, 5) is 5.30. The van der Waals surface area contributed by atoms with Crippen LogP contribution in [0, 0.1) is 0 Å². The molecule has 3 heteroatoms. The van der Waals surface area contributed by atoms with E-state index in [0.717, 1.165) is 18.3 Å². The van der Waals surface area contributed by atoms with Crippen molar-refractivity contribution in [2.24, 2.45) is 0 Å². The topological polar surface area (TPSA) is 19.6 Å². The predicted molar refractivity (Wildman–Crippen MR) is 67.8 cm³/mol. The Kier molecular flexibility index (Phi) is 3.21. The molecular weight excluding hydrogens is 212 g/mol. The minimum Gasteiger partial charge on any atom is -0.468 e. The fourth-order valence-corrected chi connectivity index (χ4v) is 3.33. The van der Waals surface area contributed by atoms with Gasteiger partial charge in [-0.1, -0.05) is 6.92 Å². The van der Waals surface area contributed by atoms with Crippen molar-refractivity contribution in [1.29, 1.82) is 0 Å². The number of fused-ring (bicyclic) bond motifs is 1. The average molecular weight is 234 g/mol. The van der Waals surface area contributed by atoms with E-state index in [4.69, 9.17) is 4.42 Å². The maximum Gasteiger partial charge on any atom is 0.117 e. The lowest BCUT2D eigenvalue weighted by molar-refractivity contribution is 0.0393. The van der Waals surface area contributed by atoms with Crippen LogP contribution in [0.15, 0.2) is 22.8 Å². The van der Waals surface area contributed by atoms with Crippen molar-refractivity contribution < 1.29 is 4.42 Å². The molecule has 0 spiro atoms. The molecule has 0 bridgehead atoms. The lowest BCUT2D eigenvalue weighted by Crippen LogP contribution is -2.55. The molecule has 0 radical (unpaired) electrons. The lowest BCUT2D eigenvalue weighted by atomic mass is 10.0. The van der Waals surface area contributed by atoms with E-state index in [0.29, 0.717) is 6.04 Å². The highest BCUT2D eigenvalue weighted by Gasteiger charge is 2.35. The molecule has 2 unspecified atom stereocenters. The van der Waals surface area contributed by atoms with Crippen molar-refractivity contribution >= 4 is 0 Å². The number of furan rings is 1. The van der Waals surface area contributed by atoms with E-state index in [1.165, 1.54) is 38.9 Å². The molecule has 0 saturated carbocycles. The third-order valence-electron chi connectivity index (χ3n) is 4.32. The van der Waals surface area contributed by atoms with E-state index in [9.17, 15) is 0 Å². The van der Waals surface area contributed by atoms with Crippen LogP contribution in [-0.4, -0.2) is 41.5 Å². The Morgan fingerprint density at radius 2 is 2.35 bits per heavy atom. The zero-order chi connectivity index (χ0) is 11.7. The summed E-state index contributed by atoms with van der Waals surface area (Å²) in [6.45, 7) is 7.07. The van der Waals surface area contributed by atoms with Gasteiger partial charge < -0.3 is 4.42 Å². The normalized spacial score (nSPS) is 30.6. The van der Waals surface area contributed by atoms with Crippen LogP contribution in [0.5, 0.6) is 0 Å². The second-order valence-corrected chi connectivity index (χ2v) is 5.36. The van der Waals surface area contributed by atoms with Gasteiger partial charge in [0.2, 0.25) is 0 Å². The highest BCUT2D eigenvalue weighted by Crippen LogP contribution is 2.26. The predicted octanol–water partition coefficient (Wildman–Crippen LogP) is 2.34. The van der Waals surface area contributed by atoms with E-state index in [1.807, 2.05) is 6.07 Å². The first-order chi connectivity index (χ1) is 8.36. The Balaban J connectivity index is 1.69. The summed E-state index contributed by atoms with van der Waals surface area (Å²) in [7, 11) is 0. The molecule has 2 aliphatic heterocycles. The zero-order valence-corrected chi connectivity index (χ0v) is 10.6. The van der Waals surface area contributed by atoms with Crippen LogP contribution in [0.4, 0.5) is 0 Å². The van der Waals surface area contributed by atoms with Crippen molar-refractivity contribution in [3.63, 3.8) is 0 Å². The maximum atomic E-state index is 5.49. The smallest absolute Gasteiger partial charge is 0.117 e. The fraction of sp³-hybridized carbons (Fsp3) is 0.714. The summed E-state index contributed by atoms with van der Waals surface area (Å²) in [5.41, 5.74) is 0. The third-order valence-corrected chi connectivity index (χ3v) is 4.32. The van der Waals surface area contributed by atoms with Gasteiger partial charge in [0, 0.05) is 25.2 Å². The number of nitrogens with zero attached hydrogens (tertiary/aromatic N) is 2. The minimum atomic E-state index is 0.703. The Morgan fingerprint density at radius 3 is 3.12 bits per heavy atom. The van der Waals surface area contributed by atoms with E-state index < -0.39 is 0 Å². The van der Waals surface area contributed by atoms with Gasteiger partial charge in [-0.3, -0.25) is 9.80 Å². The summed E-state index contributed by atoms with van der Waals surface area (Å²) >= 11 is 0. The van der Waals surface area contributed by atoms with Crippen LogP contribution in [0.25, 0.3) is 0 Å². The highest BCUT2D eigenvalue weighted by molar-refractivity contribution is 5.00. The second kappa shape index (κ2) is 4.83. The van der Waals surface area contributed by atoms with Crippen LogP contribution >= 0.6 is 0 Å². The monoisotopic (exact) mass is 234 g/mol. The average Bonchev–Trinajstić information content (AvgIpc) is 2.98. The van der Waals surface area contributed by atoms with Gasteiger partial charge in [-0.05, 0) is 37.9 Å². The summed E-state index contributed by atoms with van der Waals surface area (Å²) in [5.74, 6) is 1.11. The molecule has 0 aromatic carbocycles. The zero-order valence-electron chi connectivity index (χ0n) is 10.6. The molecule has 0 aliphatic carbocycles. The second-order valence-electron chi connectivity index (χ2n) is 5.36. The van der Waals surface area contributed by atoms with Gasteiger partial charge in [0.25, 0.3) is 0 Å². The molecule has 2 saturated heterocycles. The van der Waals surface area contributed by atoms with Crippen molar-refractivity contribution in [2.45, 2.75) is 44.8 Å². The molecule has 17 heavy (non-hydrogen) atoms. The molecule has 1 aromatic rings. The van der Waals surface area contributed by atoms with Crippen LogP contribution < -0.4 is 0 Å². The standard InChI is InChI=1S/C14H22N2O/c1-2-12-9-15-7-3-5-13(15)10-16(12)11-14-6-4-8-17-14/h4,6,8,12-13H,2-3,5,7,9-11H2,1H3. The minimum absolute atomic E-state index is 0.703. The van der Waals surface area contributed by atoms with E-state index in [2.05, 4.69) is 22.8 Å². The van der Waals surface area contributed by atoms with Crippen molar-refractivity contribution in [1.82, 2.24) is 9.80 Å². The van der Waals surface area contributed by atoms with E-state index in [-0.39, 0.29) is 0 Å². The molecule has 3 nitrogen and oxygen atoms in total. The maximum absolute atomic E-state index is 5.49. The number of hydrogen-bond acceptors (Lipinski definition) is 3. The summed E-state index contributed by atoms with van der Waals surface area (Å²) in [5, 5.41) is 0. The Labute approximate surface area is 103 Å². The van der Waals surface area contributed by atoms with Crippen LogP contribution in [0.3, 0.4) is 0 Å². The van der Waals surface area contributed by atoms with Crippen LogP contribution in [0.1, 0.15) is 31.9 Å². The first-order valence-corrected chi connectivity index (χ1v) is 6.87. The first-order valence-electron chi connectivity index (χ1n) is 6.87. The molecule has 2 fully saturated rings. The molecule has 2 aliphatic rings. The number of piperazine rings is 1. The van der Waals surface area contributed by atoms with Gasteiger partial charge in [0.15, 0.2) is 0 Å². The van der Waals surface area contributed by atoms with Crippen LogP contribution in [-0.2, 0) is 6.54 Å². The fourth-order valence-electron chi connectivity index (χ4n) is 3.33. The third kappa shape index (κ3) is 2.26. The van der Waals surface area contributed by atoms with E-state index in [1.54, 1.807) is 6.26 Å². The van der Waals surface area contributed by atoms with Gasteiger partial charge in [-0.2, -0.15) is 0 Å². The van der Waals surface area contributed by atoms with Crippen molar-refractivity contribution in [3.05, 3.63) is 24.2 Å². The molecule has 94 valence electrons. The summed E-state index contributed by atoms with van der Waals surface area (Å²) in [6, 6.07) is 5.58. The number of hydrogen-bond donors (Lipinski definition) is 0. The number of rotatable bonds is 3. The molecule has 2 atom stereocenters. The van der Waals surface area contributed by atoms with Gasteiger partial charge in [0.1, 0.15) is 5.76 Å². The van der Waals surface area contributed by atoms with Crippen molar-refractivity contribution in [3.8, 4) is 0 Å². The summed E-state index contributed by atoms with van der Waals surface area (Å²) in [6.07, 6.45) is 5.78. The molecule has 3 rings (SSSR count). The Morgan fingerprint density at radius 1 is 1.41 bits per heavy atom. The Hall–Kier alpha value is -0.800. The quantitative estimate of drug-likeness (QED) is 0.800. The largest absolute Gasteiger partial charge is 0.468 e. The SMILES string of the molecule is CCC1CN2CCCC2CN1Cc1ccco1. The highest BCUT2D eigenvalue weighted by atomic mass is 16.3. The molecule has 3 heterocycles. The molecular formula is C14H22N2O. The van der Waals surface area contributed by atoms with Gasteiger partial charge in [0.05, 0.1) is 12.8 Å². The summed E-state index contributed by atoms with van der Waals surface area (Å²) < 4.78 is 5.49. The van der Waals surface area contributed by atoms with Gasteiger partial charge in [-0.25, -0.2) is 0 Å². The molecule has 1 aromatic heterocycles. The van der Waals surface area contributed by atoms with Gasteiger partial charge in [-0.15, -0.1) is 0 Å². The molecule has 0 amide bonds. The van der Waals surface area contributed by atoms with E-state index >= 15 is 0 Å². The lowest BCUT2D eigenvalue weighted by Gasteiger charge is -2.43. The molecule has 0 N–H and O–H groups in total. The van der Waals surface area contributed by atoms with Crippen molar-refractivity contribution in [2.75, 3.05) is 19.6 Å².